The second-order valence-electron chi connectivity index (χ2n) is 8.57. The van der Waals surface area contributed by atoms with Gasteiger partial charge in [-0.15, -0.1) is 11.3 Å². The van der Waals surface area contributed by atoms with Gasteiger partial charge in [-0.25, -0.2) is 9.37 Å². The van der Waals surface area contributed by atoms with Crippen molar-refractivity contribution in [3.8, 4) is 0 Å². The van der Waals surface area contributed by atoms with Crippen LogP contribution in [0, 0.1) is 11.7 Å². The average Bonchev–Trinajstić information content (AvgIpc) is 3.11. The Hall–Kier alpha value is -2.09. The number of benzene rings is 1. The Morgan fingerprint density at radius 2 is 2.27 bits per heavy atom. The van der Waals surface area contributed by atoms with Crippen LogP contribution >= 0.6 is 11.3 Å². The van der Waals surface area contributed by atoms with Crippen molar-refractivity contribution >= 4 is 21.6 Å². The number of halogens is 1. The number of nitrogens with zero attached hydrogens (tertiary/aromatic N) is 2. The molecule has 2 aliphatic rings. The summed E-state index contributed by atoms with van der Waals surface area (Å²) in [6.07, 6.45) is 2.95. The number of ether oxygens (including phenoxy) is 1. The molecule has 30 heavy (non-hydrogen) atoms. The van der Waals surface area contributed by atoms with Crippen LogP contribution < -0.4 is 5.56 Å². The van der Waals surface area contributed by atoms with Gasteiger partial charge >= 0.3 is 0 Å². The monoisotopic (exact) mass is 427 g/mol. The summed E-state index contributed by atoms with van der Waals surface area (Å²) in [6.45, 7) is 6.26. The maximum Gasteiger partial charge on any atom is 0.259 e. The van der Waals surface area contributed by atoms with Crippen LogP contribution in [0.2, 0.25) is 0 Å². The highest BCUT2D eigenvalue weighted by molar-refractivity contribution is 7.18. The number of aromatic nitrogens is 2. The molecule has 1 fully saturated rings. The molecule has 7 heteroatoms. The maximum absolute atomic E-state index is 13.6. The third kappa shape index (κ3) is 3.59. The highest BCUT2D eigenvalue weighted by Gasteiger charge is 2.29. The van der Waals surface area contributed by atoms with E-state index in [2.05, 4.69) is 23.7 Å². The van der Waals surface area contributed by atoms with Crippen LogP contribution in [0.4, 0.5) is 4.39 Å². The van der Waals surface area contributed by atoms with Crippen LogP contribution in [-0.4, -0.2) is 34.6 Å². The van der Waals surface area contributed by atoms with Crippen molar-refractivity contribution in [3.63, 3.8) is 0 Å². The first-order valence-corrected chi connectivity index (χ1v) is 11.5. The van der Waals surface area contributed by atoms with Gasteiger partial charge in [0.25, 0.3) is 5.56 Å². The zero-order chi connectivity index (χ0) is 20.8. The number of hydrogen-bond acceptors (Lipinski definition) is 5. The number of morpholine rings is 1. The number of aromatic amines is 1. The first-order chi connectivity index (χ1) is 14.5. The Bertz CT molecular complexity index is 1140. The molecule has 0 saturated carbocycles. The molecule has 0 bridgehead atoms. The number of nitrogens with one attached hydrogen (secondary N) is 1. The second kappa shape index (κ2) is 7.87. The van der Waals surface area contributed by atoms with Crippen molar-refractivity contribution in [2.45, 2.75) is 45.3 Å². The summed E-state index contributed by atoms with van der Waals surface area (Å²) >= 11 is 1.68. The highest BCUT2D eigenvalue weighted by atomic mass is 32.1. The largest absolute Gasteiger partial charge is 0.371 e. The first kappa shape index (κ1) is 19.8. The molecule has 3 unspecified atom stereocenters. The quantitative estimate of drug-likeness (QED) is 0.674. The van der Waals surface area contributed by atoms with Crippen LogP contribution in [-0.2, 0) is 17.6 Å². The average molecular weight is 428 g/mol. The fraction of sp³-hybridized carbons (Fsp3) is 0.478. The zero-order valence-corrected chi connectivity index (χ0v) is 18.1. The summed E-state index contributed by atoms with van der Waals surface area (Å²) in [5, 5.41) is 0.789. The summed E-state index contributed by atoms with van der Waals surface area (Å²) < 4.78 is 19.5. The van der Waals surface area contributed by atoms with E-state index in [-0.39, 0.29) is 23.5 Å². The minimum Gasteiger partial charge on any atom is -0.371 e. The van der Waals surface area contributed by atoms with Gasteiger partial charge in [-0.2, -0.15) is 0 Å². The highest BCUT2D eigenvalue weighted by Crippen LogP contribution is 2.36. The van der Waals surface area contributed by atoms with E-state index in [0.29, 0.717) is 24.9 Å². The molecule has 0 spiro atoms. The van der Waals surface area contributed by atoms with Crippen LogP contribution in [0.3, 0.4) is 0 Å². The predicted molar refractivity (Wildman–Crippen MR) is 117 cm³/mol. The standard InChI is InChI=1S/C23H26FN3O2S/c1-13-6-7-17-19(10-13)30-23-20(17)22(28)25-21(26-23)14(2)27-8-9-29-18(12-27)15-4-3-5-16(24)11-15/h3-5,11,13-14,18H,6-10,12H2,1-2H3,(H,25,26,28). The van der Waals surface area contributed by atoms with E-state index in [9.17, 15) is 9.18 Å². The van der Waals surface area contributed by atoms with Gasteiger partial charge in [-0.05, 0) is 55.4 Å². The Morgan fingerprint density at radius 1 is 1.40 bits per heavy atom. The van der Waals surface area contributed by atoms with Crippen molar-refractivity contribution < 1.29 is 9.13 Å². The number of rotatable bonds is 3. The van der Waals surface area contributed by atoms with Gasteiger partial charge in [-0.1, -0.05) is 19.1 Å². The van der Waals surface area contributed by atoms with Gasteiger partial charge in [-0.3, -0.25) is 9.69 Å². The van der Waals surface area contributed by atoms with E-state index in [1.807, 2.05) is 6.07 Å². The van der Waals surface area contributed by atoms with Crippen molar-refractivity contribution in [2.24, 2.45) is 5.92 Å². The third-order valence-corrected chi connectivity index (χ3v) is 7.59. The molecule has 0 amide bonds. The van der Waals surface area contributed by atoms with E-state index in [4.69, 9.17) is 9.72 Å². The van der Waals surface area contributed by atoms with Gasteiger partial charge in [0.1, 0.15) is 16.5 Å². The Morgan fingerprint density at radius 3 is 3.10 bits per heavy atom. The molecule has 1 aliphatic carbocycles. The molecular formula is C23H26FN3O2S. The number of H-pyrrole nitrogens is 1. The molecule has 1 aliphatic heterocycles. The number of fused-ring (bicyclic) bond motifs is 3. The zero-order valence-electron chi connectivity index (χ0n) is 17.3. The molecule has 3 aromatic rings. The minimum atomic E-state index is -0.256. The lowest BCUT2D eigenvalue weighted by molar-refractivity contribution is -0.0443. The fourth-order valence-electron chi connectivity index (χ4n) is 4.67. The fourth-order valence-corrected chi connectivity index (χ4v) is 6.06. The summed E-state index contributed by atoms with van der Waals surface area (Å²) in [7, 11) is 0. The van der Waals surface area contributed by atoms with Gasteiger partial charge in [0, 0.05) is 18.0 Å². The maximum atomic E-state index is 13.6. The molecule has 3 heterocycles. The molecule has 0 radical (unpaired) electrons. The van der Waals surface area contributed by atoms with Crippen molar-refractivity contribution in [2.75, 3.05) is 19.7 Å². The van der Waals surface area contributed by atoms with Crippen molar-refractivity contribution in [3.05, 3.63) is 62.3 Å². The topological polar surface area (TPSA) is 58.2 Å². The molecule has 1 N–H and O–H groups in total. The van der Waals surface area contributed by atoms with E-state index in [1.54, 1.807) is 17.4 Å². The molecule has 1 saturated heterocycles. The second-order valence-corrected chi connectivity index (χ2v) is 9.65. The van der Waals surface area contributed by atoms with E-state index < -0.39 is 0 Å². The first-order valence-electron chi connectivity index (χ1n) is 10.6. The normalized spacial score (nSPS) is 23.4. The molecule has 5 rings (SSSR count). The van der Waals surface area contributed by atoms with Gasteiger partial charge < -0.3 is 9.72 Å². The molecule has 158 valence electrons. The van der Waals surface area contributed by atoms with E-state index >= 15 is 0 Å². The molecular weight excluding hydrogens is 401 g/mol. The van der Waals surface area contributed by atoms with Crippen LogP contribution in [0.5, 0.6) is 0 Å². The van der Waals surface area contributed by atoms with Crippen LogP contribution in [0.15, 0.2) is 29.1 Å². The Balaban J connectivity index is 1.43. The number of aryl methyl sites for hydroxylation is 1. The van der Waals surface area contributed by atoms with Gasteiger partial charge in [0.15, 0.2) is 0 Å². The van der Waals surface area contributed by atoms with Gasteiger partial charge in [0.05, 0.1) is 24.1 Å². The van der Waals surface area contributed by atoms with Crippen LogP contribution in [0.25, 0.3) is 10.2 Å². The summed E-state index contributed by atoms with van der Waals surface area (Å²) in [6, 6.07) is 6.52. The van der Waals surface area contributed by atoms with E-state index in [1.165, 1.54) is 22.6 Å². The number of thiophene rings is 1. The summed E-state index contributed by atoms with van der Waals surface area (Å²) in [4.78, 5) is 25.3. The summed E-state index contributed by atoms with van der Waals surface area (Å²) in [5.41, 5.74) is 2.02. The summed E-state index contributed by atoms with van der Waals surface area (Å²) in [5.74, 6) is 1.10. The SMILES string of the molecule is CC1CCc2c(sc3nc(C(C)N4CCOC(c5cccc(F)c5)C4)[nH]c(=O)c23)C1. The molecule has 3 atom stereocenters. The van der Waals surface area contributed by atoms with Crippen molar-refractivity contribution in [1.29, 1.82) is 0 Å². The van der Waals surface area contributed by atoms with Crippen molar-refractivity contribution in [1.82, 2.24) is 14.9 Å². The third-order valence-electron chi connectivity index (χ3n) is 6.45. The Kier molecular flexibility index (Phi) is 5.21. The molecule has 2 aromatic heterocycles. The lowest BCUT2D eigenvalue weighted by atomic mass is 9.89. The predicted octanol–water partition coefficient (Wildman–Crippen LogP) is 4.38. The number of hydrogen-bond donors (Lipinski definition) is 1. The minimum absolute atomic E-state index is 0.0242. The van der Waals surface area contributed by atoms with E-state index in [0.717, 1.165) is 41.6 Å². The Labute approximate surface area is 178 Å². The molecule has 5 nitrogen and oxygen atoms in total. The van der Waals surface area contributed by atoms with Crippen LogP contribution in [0.1, 0.15) is 54.2 Å². The smallest absolute Gasteiger partial charge is 0.259 e. The van der Waals surface area contributed by atoms with Gasteiger partial charge in [0.2, 0.25) is 0 Å². The lowest BCUT2D eigenvalue weighted by Gasteiger charge is -2.36. The molecule has 1 aromatic carbocycles. The lowest BCUT2D eigenvalue weighted by Crippen LogP contribution is -2.40.